The lowest BCUT2D eigenvalue weighted by Crippen LogP contribution is -2.21. The maximum atomic E-state index is 12.3. The summed E-state index contributed by atoms with van der Waals surface area (Å²) in [7, 11) is 1.58. The Morgan fingerprint density at radius 1 is 1.21 bits per heavy atom. The molecule has 0 heterocycles. The highest BCUT2D eigenvalue weighted by Crippen LogP contribution is 2.31. The molecule has 19 heavy (non-hydrogen) atoms. The summed E-state index contributed by atoms with van der Waals surface area (Å²) < 4.78 is 45.9. The van der Waals surface area contributed by atoms with E-state index >= 15 is 0 Å². The highest BCUT2D eigenvalue weighted by molar-refractivity contribution is 5.35. The van der Waals surface area contributed by atoms with Gasteiger partial charge >= 0.3 is 6.36 Å². The predicted octanol–water partition coefficient (Wildman–Crippen LogP) is 3.40. The molecule has 2 atom stereocenters. The number of rotatable bonds is 6. The Kier molecular flexibility index (Phi) is 5.62. The molecule has 2 N–H and O–H groups in total. The Hall–Kier alpha value is -1.27. The molecule has 1 rings (SSSR count). The summed E-state index contributed by atoms with van der Waals surface area (Å²) in [5, 5.41) is 0. The van der Waals surface area contributed by atoms with Crippen LogP contribution >= 0.6 is 0 Å². The first-order valence-electron chi connectivity index (χ1n) is 5.96. The number of hydrogen-bond acceptors (Lipinski definition) is 3. The van der Waals surface area contributed by atoms with Crippen LogP contribution in [0.25, 0.3) is 0 Å². The average molecular weight is 277 g/mol. The standard InChI is InChI=1S/C13H18F3NO2/c1-9(18-2)7-8-11(17)10-5-3-4-6-12(10)19-13(14,15)16/h3-6,9,11H,7-8,17H2,1-2H3. The molecular weight excluding hydrogens is 259 g/mol. The van der Waals surface area contributed by atoms with Gasteiger partial charge in [-0.2, -0.15) is 0 Å². The summed E-state index contributed by atoms with van der Waals surface area (Å²) in [6, 6.07) is 5.41. The minimum absolute atomic E-state index is 0.0155. The van der Waals surface area contributed by atoms with Crippen LogP contribution < -0.4 is 10.5 Å². The molecule has 108 valence electrons. The molecule has 0 aromatic heterocycles. The number of alkyl halides is 3. The van der Waals surface area contributed by atoms with E-state index < -0.39 is 12.4 Å². The minimum Gasteiger partial charge on any atom is -0.405 e. The van der Waals surface area contributed by atoms with E-state index in [1.807, 2.05) is 6.92 Å². The lowest BCUT2D eigenvalue weighted by molar-refractivity contribution is -0.275. The Morgan fingerprint density at radius 3 is 2.42 bits per heavy atom. The highest BCUT2D eigenvalue weighted by atomic mass is 19.4. The number of hydrogen-bond donors (Lipinski definition) is 1. The van der Waals surface area contributed by atoms with Crippen LogP contribution in [0.3, 0.4) is 0 Å². The van der Waals surface area contributed by atoms with E-state index in [-0.39, 0.29) is 11.9 Å². The summed E-state index contributed by atoms with van der Waals surface area (Å²) in [6.45, 7) is 1.88. The van der Waals surface area contributed by atoms with Gasteiger partial charge in [-0.25, -0.2) is 0 Å². The molecule has 1 aromatic rings. The molecule has 0 spiro atoms. The van der Waals surface area contributed by atoms with Gasteiger partial charge in [0.15, 0.2) is 0 Å². The van der Waals surface area contributed by atoms with Crippen LogP contribution in [0.15, 0.2) is 24.3 Å². The van der Waals surface area contributed by atoms with Crippen LogP contribution in [0.5, 0.6) is 5.75 Å². The van der Waals surface area contributed by atoms with Gasteiger partial charge in [0.05, 0.1) is 6.10 Å². The molecule has 0 radical (unpaired) electrons. The van der Waals surface area contributed by atoms with Crippen molar-refractivity contribution in [3.05, 3.63) is 29.8 Å². The van der Waals surface area contributed by atoms with Crippen LogP contribution in [0.1, 0.15) is 31.4 Å². The third-order valence-corrected chi connectivity index (χ3v) is 2.83. The first-order valence-corrected chi connectivity index (χ1v) is 5.96. The molecular formula is C13H18F3NO2. The van der Waals surface area contributed by atoms with Crippen LogP contribution in [0.4, 0.5) is 13.2 Å². The van der Waals surface area contributed by atoms with E-state index in [2.05, 4.69) is 4.74 Å². The number of methoxy groups -OCH3 is 1. The van der Waals surface area contributed by atoms with Crippen molar-refractivity contribution in [2.45, 2.75) is 38.3 Å². The topological polar surface area (TPSA) is 44.5 Å². The van der Waals surface area contributed by atoms with Gasteiger partial charge in [-0.15, -0.1) is 13.2 Å². The number of para-hydroxylation sites is 1. The van der Waals surface area contributed by atoms with Gasteiger partial charge in [-0.1, -0.05) is 18.2 Å². The fourth-order valence-electron chi connectivity index (χ4n) is 1.69. The Labute approximate surface area is 110 Å². The average Bonchev–Trinajstić information content (AvgIpc) is 2.34. The first-order chi connectivity index (χ1) is 8.83. The quantitative estimate of drug-likeness (QED) is 0.866. The molecule has 0 saturated heterocycles. The van der Waals surface area contributed by atoms with E-state index in [0.29, 0.717) is 18.4 Å². The number of benzene rings is 1. The summed E-state index contributed by atoms with van der Waals surface area (Å²) in [5.41, 5.74) is 6.26. The van der Waals surface area contributed by atoms with E-state index in [1.165, 1.54) is 12.1 Å². The third kappa shape index (κ3) is 5.48. The van der Waals surface area contributed by atoms with Crippen LogP contribution in [-0.4, -0.2) is 19.6 Å². The predicted molar refractivity (Wildman–Crippen MR) is 65.8 cm³/mol. The van der Waals surface area contributed by atoms with E-state index in [9.17, 15) is 13.2 Å². The maximum absolute atomic E-state index is 12.3. The van der Waals surface area contributed by atoms with Crippen molar-refractivity contribution in [2.24, 2.45) is 5.73 Å². The molecule has 0 aliphatic heterocycles. The summed E-state index contributed by atoms with van der Waals surface area (Å²) in [5.74, 6) is -0.243. The normalized spacial score (nSPS) is 15.1. The molecule has 0 saturated carbocycles. The van der Waals surface area contributed by atoms with E-state index in [4.69, 9.17) is 10.5 Å². The molecule has 0 aliphatic carbocycles. The van der Waals surface area contributed by atoms with Crippen LogP contribution in [0, 0.1) is 0 Å². The van der Waals surface area contributed by atoms with Crippen molar-refractivity contribution < 1.29 is 22.6 Å². The zero-order chi connectivity index (χ0) is 14.5. The Morgan fingerprint density at radius 2 is 1.84 bits per heavy atom. The molecule has 0 fully saturated rings. The molecule has 0 amide bonds. The van der Waals surface area contributed by atoms with Gasteiger partial charge in [-0.3, -0.25) is 0 Å². The van der Waals surface area contributed by atoms with Crippen molar-refractivity contribution >= 4 is 0 Å². The SMILES string of the molecule is COC(C)CCC(N)c1ccccc1OC(F)(F)F. The van der Waals surface area contributed by atoms with Crippen molar-refractivity contribution in [3.8, 4) is 5.75 Å². The first kappa shape index (κ1) is 15.8. The second-order valence-corrected chi connectivity index (χ2v) is 4.32. The molecule has 0 bridgehead atoms. The van der Waals surface area contributed by atoms with Crippen molar-refractivity contribution in [1.29, 1.82) is 0 Å². The maximum Gasteiger partial charge on any atom is 0.573 e. The molecule has 0 aliphatic rings. The Bertz CT molecular complexity index is 396. The largest absolute Gasteiger partial charge is 0.573 e. The fourth-order valence-corrected chi connectivity index (χ4v) is 1.69. The molecule has 1 aromatic carbocycles. The molecule has 2 unspecified atom stereocenters. The molecule has 3 nitrogen and oxygen atoms in total. The zero-order valence-corrected chi connectivity index (χ0v) is 10.9. The number of ether oxygens (including phenoxy) is 2. The number of nitrogens with two attached hydrogens (primary N) is 1. The van der Waals surface area contributed by atoms with Crippen molar-refractivity contribution in [1.82, 2.24) is 0 Å². The van der Waals surface area contributed by atoms with Crippen molar-refractivity contribution in [2.75, 3.05) is 7.11 Å². The lowest BCUT2D eigenvalue weighted by Gasteiger charge is -2.19. The Balaban J connectivity index is 2.76. The van der Waals surface area contributed by atoms with Gasteiger partial charge in [0, 0.05) is 18.7 Å². The van der Waals surface area contributed by atoms with E-state index in [1.54, 1.807) is 19.2 Å². The van der Waals surface area contributed by atoms with Gasteiger partial charge in [0.25, 0.3) is 0 Å². The van der Waals surface area contributed by atoms with Crippen LogP contribution in [-0.2, 0) is 4.74 Å². The van der Waals surface area contributed by atoms with Gasteiger partial charge < -0.3 is 15.2 Å². The molecule has 6 heteroatoms. The second-order valence-electron chi connectivity index (χ2n) is 4.32. The summed E-state index contributed by atoms with van der Waals surface area (Å²) in [4.78, 5) is 0. The fraction of sp³-hybridized carbons (Fsp3) is 0.538. The van der Waals surface area contributed by atoms with Gasteiger partial charge in [0.1, 0.15) is 5.75 Å². The zero-order valence-electron chi connectivity index (χ0n) is 10.9. The summed E-state index contributed by atoms with van der Waals surface area (Å²) in [6.07, 6.45) is -3.51. The smallest absolute Gasteiger partial charge is 0.405 e. The van der Waals surface area contributed by atoms with Crippen LogP contribution in [0.2, 0.25) is 0 Å². The van der Waals surface area contributed by atoms with Crippen molar-refractivity contribution in [3.63, 3.8) is 0 Å². The van der Waals surface area contributed by atoms with E-state index in [0.717, 1.165) is 0 Å². The third-order valence-electron chi connectivity index (χ3n) is 2.83. The summed E-state index contributed by atoms with van der Waals surface area (Å²) >= 11 is 0. The second kappa shape index (κ2) is 6.77. The highest BCUT2D eigenvalue weighted by Gasteiger charge is 2.32. The number of halogens is 3. The van der Waals surface area contributed by atoms with Gasteiger partial charge in [0.2, 0.25) is 0 Å². The van der Waals surface area contributed by atoms with Gasteiger partial charge in [-0.05, 0) is 25.8 Å². The monoisotopic (exact) mass is 277 g/mol. The lowest BCUT2D eigenvalue weighted by atomic mass is 10.0. The minimum atomic E-state index is -4.71.